The quantitative estimate of drug-likeness (QED) is 0.829. The van der Waals surface area contributed by atoms with E-state index in [1.54, 1.807) is 0 Å². The average molecular weight is 318 g/mol. The highest BCUT2D eigenvalue weighted by molar-refractivity contribution is 7.89. The Bertz CT molecular complexity index is 629. The predicted molar refractivity (Wildman–Crippen MR) is 72.0 cm³/mol. The fraction of sp³-hybridized carbons (Fsp3) is 0.455. The minimum atomic E-state index is -3.83. The normalized spacial score (nSPS) is 18.0. The zero-order valence-electron chi connectivity index (χ0n) is 10.5. The lowest BCUT2D eigenvalue weighted by Crippen LogP contribution is -2.41. The molecule has 110 valence electrons. The van der Waals surface area contributed by atoms with E-state index in [1.165, 1.54) is 15.8 Å². The highest BCUT2D eigenvalue weighted by atomic mass is 32.2. The summed E-state index contributed by atoms with van der Waals surface area (Å²) in [5, 5.41) is 10.4. The molecule has 9 heteroatoms. The zero-order valence-corrected chi connectivity index (χ0v) is 12.1. The van der Waals surface area contributed by atoms with E-state index in [9.17, 15) is 18.0 Å². The van der Waals surface area contributed by atoms with Crippen molar-refractivity contribution in [3.8, 4) is 0 Å². The van der Waals surface area contributed by atoms with Gasteiger partial charge < -0.3 is 10.8 Å². The highest BCUT2D eigenvalue weighted by Crippen LogP contribution is 2.28. The van der Waals surface area contributed by atoms with E-state index in [-0.39, 0.29) is 28.8 Å². The van der Waals surface area contributed by atoms with Crippen LogP contribution in [-0.4, -0.2) is 42.8 Å². The van der Waals surface area contributed by atoms with Gasteiger partial charge in [-0.3, -0.25) is 4.79 Å². The number of nitrogens with two attached hydrogens (primary N) is 1. The zero-order chi connectivity index (χ0) is 14.9. The van der Waals surface area contributed by atoms with Gasteiger partial charge in [0, 0.05) is 19.0 Å². The van der Waals surface area contributed by atoms with Crippen molar-refractivity contribution in [1.82, 2.24) is 4.31 Å². The van der Waals surface area contributed by atoms with Gasteiger partial charge in [0.1, 0.15) is 9.77 Å². The summed E-state index contributed by atoms with van der Waals surface area (Å²) in [5.41, 5.74) is 5.20. The van der Waals surface area contributed by atoms with Crippen molar-refractivity contribution in [2.45, 2.75) is 17.7 Å². The molecule has 1 aliphatic heterocycles. The summed E-state index contributed by atoms with van der Waals surface area (Å²) >= 11 is 0.874. The minimum absolute atomic E-state index is 0.171. The first-order valence-electron chi connectivity index (χ1n) is 5.94. The topological polar surface area (TPSA) is 118 Å². The van der Waals surface area contributed by atoms with Crippen LogP contribution in [0.2, 0.25) is 0 Å². The second kappa shape index (κ2) is 5.51. The number of hydrogen-bond donors (Lipinski definition) is 2. The first-order valence-corrected chi connectivity index (χ1v) is 8.26. The number of thiophene rings is 1. The van der Waals surface area contributed by atoms with Crippen LogP contribution in [0.15, 0.2) is 16.3 Å². The van der Waals surface area contributed by atoms with Crippen LogP contribution in [0.5, 0.6) is 0 Å². The van der Waals surface area contributed by atoms with Crippen molar-refractivity contribution in [2.75, 3.05) is 13.1 Å². The lowest BCUT2D eigenvalue weighted by molar-refractivity contribution is -0.122. The van der Waals surface area contributed by atoms with E-state index in [2.05, 4.69) is 0 Å². The van der Waals surface area contributed by atoms with Gasteiger partial charge in [0.2, 0.25) is 15.9 Å². The standard InChI is InChI=1S/C11H14N2O5S2/c12-10(14)7-1-4-13(5-2-7)20(17,18)8-3-6-19-9(8)11(15)16/h3,6-7H,1-2,4-5H2,(H2,12,14)(H,15,16). The van der Waals surface area contributed by atoms with Crippen molar-refractivity contribution in [3.63, 3.8) is 0 Å². The van der Waals surface area contributed by atoms with Gasteiger partial charge in [-0.15, -0.1) is 11.3 Å². The monoisotopic (exact) mass is 318 g/mol. The van der Waals surface area contributed by atoms with Crippen molar-refractivity contribution in [3.05, 3.63) is 16.3 Å². The minimum Gasteiger partial charge on any atom is -0.477 e. The summed E-state index contributed by atoms with van der Waals surface area (Å²) in [7, 11) is -3.83. The lowest BCUT2D eigenvalue weighted by atomic mass is 9.98. The second-order valence-corrected chi connectivity index (χ2v) is 7.32. The van der Waals surface area contributed by atoms with Crippen LogP contribution in [0.4, 0.5) is 0 Å². The molecular weight excluding hydrogens is 304 g/mol. The first kappa shape index (κ1) is 14.9. The van der Waals surface area contributed by atoms with E-state index in [4.69, 9.17) is 10.8 Å². The Morgan fingerprint density at radius 3 is 2.45 bits per heavy atom. The molecule has 1 aromatic rings. The number of carbonyl (C=O) groups excluding carboxylic acids is 1. The van der Waals surface area contributed by atoms with Crippen LogP contribution in [0, 0.1) is 5.92 Å². The number of rotatable bonds is 4. The number of piperidine rings is 1. The Labute approximate surface area is 120 Å². The summed E-state index contributed by atoms with van der Waals surface area (Å²) in [4.78, 5) is 21.7. The SMILES string of the molecule is NC(=O)C1CCN(S(=O)(=O)c2ccsc2C(=O)O)CC1. The number of nitrogens with zero attached hydrogens (tertiary/aromatic N) is 1. The first-order chi connectivity index (χ1) is 9.34. The van der Waals surface area contributed by atoms with Crippen molar-refractivity contribution >= 4 is 33.2 Å². The molecule has 1 fully saturated rings. The molecular formula is C11H14N2O5S2. The Morgan fingerprint density at radius 1 is 1.35 bits per heavy atom. The highest BCUT2D eigenvalue weighted by Gasteiger charge is 2.34. The third kappa shape index (κ3) is 2.69. The smallest absolute Gasteiger partial charge is 0.347 e. The number of primary amides is 1. The molecule has 7 nitrogen and oxygen atoms in total. The summed E-state index contributed by atoms with van der Waals surface area (Å²) in [6, 6.07) is 1.30. The van der Waals surface area contributed by atoms with Gasteiger partial charge in [0.25, 0.3) is 0 Å². The molecule has 0 radical (unpaired) electrons. The molecule has 0 aromatic carbocycles. The van der Waals surface area contributed by atoms with Crippen LogP contribution in [-0.2, 0) is 14.8 Å². The number of aromatic carboxylic acids is 1. The maximum atomic E-state index is 12.4. The molecule has 2 heterocycles. The van der Waals surface area contributed by atoms with Crippen LogP contribution in [0.1, 0.15) is 22.5 Å². The van der Waals surface area contributed by atoms with Gasteiger partial charge in [-0.05, 0) is 24.3 Å². The summed E-state index contributed by atoms with van der Waals surface area (Å²) in [6.45, 7) is 0.343. The molecule has 0 saturated carbocycles. The number of sulfonamides is 1. The summed E-state index contributed by atoms with van der Waals surface area (Å²) in [5.74, 6) is -2.00. The van der Waals surface area contributed by atoms with E-state index in [1.807, 2.05) is 0 Å². The molecule has 1 amide bonds. The van der Waals surface area contributed by atoms with Gasteiger partial charge >= 0.3 is 5.97 Å². The molecule has 1 aliphatic rings. The fourth-order valence-corrected chi connectivity index (χ4v) is 4.88. The van der Waals surface area contributed by atoms with Crippen LogP contribution in [0.25, 0.3) is 0 Å². The number of carboxylic acid groups (broad SMARTS) is 1. The van der Waals surface area contributed by atoms with E-state index in [0.29, 0.717) is 12.8 Å². The number of carboxylic acids is 1. The third-order valence-corrected chi connectivity index (χ3v) is 6.27. The molecule has 3 N–H and O–H groups in total. The molecule has 0 atom stereocenters. The number of carbonyl (C=O) groups is 2. The van der Waals surface area contributed by atoms with Gasteiger partial charge in [0.05, 0.1) is 0 Å². The Kier molecular flexibility index (Phi) is 4.11. The van der Waals surface area contributed by atoms with E-state index < -0.39 is 21.9 Å². The fourth-order valence-electron chi connectivity index (χ4n) is 2.18. The molecule has 2 rings (SSSR count). The van der Waals surface area contributed by atoms with E-state index in [0.717, 1.165) is 11.3 Å². The molecule has 0 bridgehead atoms. The van der Waals surface area contributed by atoms with Crippen molar-refractivity contribution in [2.24, 2.45) is 11.7 Å². The van der Waals surface area contributed by atoms with Crippen LogP contribution < -0.4 is 5.73 Å². The molecule has 0 aliphatic carbocycles. The number of hydrogen-bond acceptors (Lipinski definition) is 5. The molecule has 1 saturated heterocycles. The van der Waals surface area contributed by atoms with Gasteiger partial charge in [-0.25, -0.2) is 13.2 Å². The summed E-state index contributed by atoms with van der Waals surface area (Å²) < 4.78 is 26.0. The Morgan fingerprint density at radius 2 is 1.95 bits per heavy atom. The third-order valence-electron chi connectivity index (χ3n) is 3.30. The maximum absolute atomic E-state index is 12.4. The second-order valence-electron chi connectivity index (χ2n) is 4.50. The molecule has 1 aromatic heterocycles. The molecule has 0 spiro atoms. The van der Waals surface area contributed by atoms with Crippen molar-refractivity contribution in [1.29, 1.82) is 0 Å². The van der Waals surface area contributed by atoms with Gasteiger partial charge in [-0.1, -0.05) is 0 Å². The van der Waals surface area contributed by atoms with E-state index >= 15 is 0 Å². The lowest BCUT2D eigenvalue weighted by Gasteiger charge is -2.29. The van der Waals surface area contributed by atoms with Gasteiger partial charge in [-0.2, -0.15) is 4.31 Å². The van der Waals surface area contributed by atoms with Crippen molar-refractivity contribution < 1.29 is 23.1 Å². The average Bonchev–Trinajstić information content (AvgIpc) is 2.89. The predicted octanol–water partition coefficient (Wildman–Crippen LogP) is 0.332. The van der Waals surface area contributed by atoms with Gasteiger partial charge in [0.15, 0.2) is 0 Å². The number of amides is 1. The summed E-state index contributed by atoms with van der Waals surface area (Å²) in [6.07, 6.45) is 0.724. The Balaban J connectivity index is 2.22. The largest absolute Gasteiger partial charge is 0.477 e. The van der Waals surface area contributed by atoms with Crippen LogP contribution in [0.3, 0.4) is 0 Å². The maximum Gasteiger partial charge on any atom is 0.347 e. The van der Waals surface area contributed by atoms with Crippen LogP contribution >= 0.6 is 11.3 Å². The molecule has 20 heavy (non-hydrogen) atoms. The Hall–Kier alpha value is -1.45. The molecule has 0 unspecified atom stereocenters.